The highest BCUT2D eigenvalue weighted by molar-refractivity contribution is 5.94. The third-order valence-electron chi connectivity index (χ3n) is 3.52. The van der Waals surface area contributed by atoms with Crippen molar-refractivity contribution in [3.8, 4) is 0 Å². The molecule has 116 valence electrons. The first-order chi connectivity index (χ1) is 10.7. The number of nitrogens with zero attached hydrogens (tertiary/aromatic N) is 2. The smallest absolute Gasteiger partial charge is 0.253 e. The summed E-state index contributed by atoms with van der Waals surface area (Å²) in [5.41, 5.74) is 1.85. The topological polar surface area (TPSA) is 45.2 Å². The van der Waals surface area contributed by atoms with Gasteiger partial charge in [-0.1, -0.05) is 43.7 Å². The summed E-state index contributed by atoms with van der Waals surface area (Å²) in [6.07, 6.45) is 3.78. The zero-order chi connectivity index (χ0) is 15.8. The van der Waals surface area contributed by atoms with Gasteiger partial charge < -0.3 is 10.2 Å². The minimum absolute atomic E-state index is 0.0404. The van der Waals surface area contributed by atoms with Gasteiger partial charge in [-0.05, 0) is 24.1 Å². The van der Waals surface area contributed by atoms with E-state index < -0.39 is 0 Å². The van der Waals surface area contributed by atoms with Crippen LogP contribution in [0, 0.1) is 0 Å². The lowest BCUT2D eigenvalue weighted by atomic mass is 10.2. The van der Waals surface area contributed by atoms with Gasteiger partial charge in [-0.3, -0.25) is 4.79 Å². The molecule has 4 nitrogen and oxygen atoms in total. The van der Waals surface area contributed by atoms with E-state index in [0.29, 0.717) is 12.1 Å². The van der Waals surface area contributed by atoms with Crippen molar-refractivity contribution in [2.24, 2.45) is 0 Å². The molecule has 2 aromatic rings. The van der Waals surface area contributed by atoms with E-state index in [-0.39, 0.29) is 5.91 Å². The molecule has 0 aliphatic heterocycles. The number of pyridine rings is 1. The van der Waals surface area contributed by atoms with Crippen LogP contribution in [0.15, 0.2) is 48.7 Å². The van der Waals surface area contributed by atoms with Crippen LogP contribution in [0.1, 0.15) is 35.7 Å². The molecule has 1 heterocycles. The number of hydrogen-bond donors (Lipinski definition) is 1. The molecular weight excluding hydrogens is 274 g/mol. The molecule has 0 fully saturated rings. The molecule has 1 amide bonds. The Morgan fingerprint density at radius 1 is 1.23 bits per heavy atom. The number of amides is 1. The molecule has 1 N–H and O–H groups in total. The van der Waals surface area contributed by atoms with Gasteiger partial charge in [0.05, 0.1) is 0 Å². The maximum atomic E-state index is 12.3. The maximum Gasteiger partial charge on any atom is 0.253 e. The normalized spacial score (nSPS) is 10.3. The first-order valence-corrected chi connectivity index (χ1v) is 7.70. The molecule has 0 aliphatic carbocycles. The van der Waals surface area contributed by atoms with E-state index >= 15 is 0 Å². The quantitative estimate of drug-likeness (QED) is 0.850. The predicted molar refractivity (Wildman–Crippen MR) is 89.9 cm³/mol. The molecule has 0 radical (unpaired) electrons. The maximum absolute atomic E-state index is 12.3. The first kappa shape index (κ1) is 16.0. The number of anilines is 1. The van der Waals surface area contributed by atoms with Gasteiger partial charge in [-0.25, -0.2) is 4.98 Å². The van der Waals surface area contributed by atoms with Crippen LogP contribution in [0.25, 0.3) is 0 Å². The van der Waals surface area contributed by atoms with Crippen LogP contribution in [-0.4, -0.2) is 29.4 Å². The van der Waals surface area contributed by atoms with Gasteiger partial charge in [-0.15, -0.1) is 0 Å². The second-order valence-electron chi connectivity index (χ2n) is 5.35. The highest BCUT2D eigenvalue weighted by Crippen LogP contribution is 2.11. The minimum atomic E-state index is 0.0404. The fraction of sp³-hybridized carbons (Fsp3) is 0.333. The Morgan fingerprint density at radius 2 is 2.00 bits per heavy atom. The summed E-state index contributed by atoms with van der Waals surface area (Å²) < 4.78 is 0. The van der Waals surface area contributed by atoms with E-state index in [4.69, 9.17) is 0 Å². The molecule has 0 saturated heterocycles. The van der Waals surface area contributed by atoms with Gasteiger partial charge in [-0.2, -0.15) is 0 Å². The Balaban J connectivity index is 1.98. The van der Waals surface area contributed by atoms with E-state index in [1.165, 1.54) is 5.56 Å². The summed E-state index contributed by atoms with van der Waals surface area (Å²) in [7, 11) is 1.84. The molecule has 0 spiro atoms. The van der Waals surface area contributed by atoms with Crippen molar-refractivity contribution in [2.75, 3.05) is 18.9 Å². The summed E-state index contributed by atoms with van der Waals surface area (Å²) in [6.45, 7) is 3.60. The summed E-state index contributed by atoms with van der Waals surface area (Å²) in [6, 6.07) is 13.7. The Bertz CT molecular complexity index is 598. The van der Waals surface area contributed by atoms with Crippen molar-refractivity contribution in [1.29, 1.82) is 0 Å². The summed E-state index contributed by atoms with van der Waals surface area (Å²) in [5, 5.41) is 3.26. The number of rotatable bonds is 7. The summed E-state index contributed by atoms with van der Waals surface area (Å²) in [5.74, 6) is 0.761. The van der Waals surface area contributed by atoms with E-state index in [1.807, 2.05) is 31.3 Å². The number of nitrogens with one attached hydrogen (secondary N) is 1. The Kier molecular flexibility index (Phi) is 5.95. The average Bonchev–Trinajstić information content (AvgIpc) is 2.58. The van der Waals surface area contributed by atoms with Crippen molar-refractivity contribution in [3.63, 3.8) is 0 Å². The summed E-state index contributed by atoms with van der Waals surface area (Å²) in [4.78, 5) is 18.4. The molecule has 0 aliphatic rings. The molecular formula is C18H23N3O. The fourth-order valence-corrected chi connectivity index (χ4v) is 2.17. The third kappa shape index (κ3) is 4.58. The molecule has 2 rings (SSSR count). The van der Waals surface area contributed by atoms with Gasteiger partial charge in [0.2, 0.25) is 0 Å². The number of benzene rings is 1. The number of carbonyl (C=O) groups excluding carboxylic acids is 1. The standard InChI is InChI=1S/C18H23N3O/c1-3-4-12-21(2)18(22)16-10-11-19-17(13-16)20-14-15-8-6-5-7-9-15/h5-11,13H,3-4,12,14H2,1-2H3,(H,19,20). The Hall–Kier alpha value is -2.36. The summed E-state index contributed by atoms with van der Waals surface area (Å²) >= 11 is 0. The highest BCUT2D eigenvalue weighted by atomic mass is 16.2. The lowest BCUT2D eigenvalue weighted by Gasteiger charge is -2.17. The molecule has 0 unspecified atom stereocenters. The highest BCUT2D eigenvalue weighted by Gasteiger charge is 2.11. The zero-order valence-electron chi connectivity index (χ0n) is 13.2. The van der Waals surface area contributed by atoms with Crippen LogP contribution in [0.5, 0.6) is 0 Å². The molecule has 4 heteroatoms. The van der Waals surface area contributed by atoms with Crippen LogP contribution < -0.4 is 5.32 Å². The lowest BCUT2D eigenvalue weighted by Crippen LogP contribution is -2.27. The van der Waals surface area contributed by atoms with Crippen molar-refractivity contribution in [1.82, 2.24) is 9.88 Å². The number of hydrogen-bond acceptors (Lipinski definition) is 3. The molecule has 0 bridgehead atoms. The second kappa shape index (κ2) is 8.17. The van der Waals surface area contributed by atoms with Crippen molar-refractivity contribution in [2.45, 2.75) is 26.3 Å². The van der Waals surface area contributed by atoms with Crippen LogP contribution in [-0.2, 0) is 6.54 Å². The van der Waals surface area contributed by atoms with Crippen molar-refractivity contribution >= 4 is 11.7 Å². The van der Waals surface area contributed by atoms with Gasteiger partial charge in [0, 0.05) is 31.9 Å². The third-order valence-corrected chi connectivity index (χ3v) is 3.52. The predicted octanol–water partition coefficient (Wildman–Crippen LogP) is 3.57. The number of carbonyl (C=O) groups is 1. The number of aromatic nitrogens is 1. The molecule has 0 atom stereocenters. The molecule has 0 saturated carbocycles. The van der Waals surface area contributed by atoms with E-state index in [1.54, 1.807) is 17.2 Å². The molecule has 22 heavy (non-hydrogen) atoms. The zero-order valence-corrected chi connectivity index (χ0v) is 13.2. The molecule has 1 aromatic carbocycles. The largest absolute Gasteiger partial charge is 0.366 e. The van der Waals surface area contributed by atoms with Gasteiger partial charge in [0.1, 0.15) is 5.82 Å². The van der Waals surface area contributed by atoms with Crippen LogP contribution >= 0.6 is 0 Å². The fourth-order valence-electron chi connectivity index (χ4n) is 2.17. The van der Waals surface area contributed by atoms with E-state index in [9.17, 15) is 4.79 Å². The Labute approximate surface area is 132 Å². The van der Waals surface area contributed by atoms with E-state index in [2.05, 4.69) is 29.4 Å². The van der Waals surface area contributed by atoms with Crippen LogP contribution in [0.2, 0.25) is 0 Å². The molecule has 1 aromatic heterocycles. The number of unbranched alkanes of at least 4 members (excludes halogenated alkanes) is 1. The monoisotopic (exact) mass is 297 g/mol. The van der Waals surface area contributed by atoms with Crippen molar-refractivity contribution < 1.29 is 4.79 Å². The SMILES string of the molecule is CCCCN(C)C(=O)c1ccnc(NCc2ccccc2)c1. The van der Waals surface area contributed by atoms with Crippen LogP contribution in [0.4, 0.5) is 5.82 Å². The van der Waals surface area contributed by atoms with Gasteiger partial charge in [0.15, 0.2) is 0 Å². The second-order valence-corrected chi connectivity index (χ2v) is 5.35. The van der Waals surface area contributed by atoms with E-state index in [0.717, 1.165) is 25.2 Å². The first-order valence-electron chi connectivity index (χ1n) is 7.70. The lowest BCUT2D eigenvalue weighted by molar-refractivity contribution is 0.0793. The Morgan fingerprint density at radius 3 is 2.73 bits per heavy atom. The van der Waals surface area contributed by atoms with Gasteiger partial charge >= 0.3 is 0 Å². The average molecular weight is 297 g/mol. The minimum Gasteiger partial charge on any atom is -0.366 e. The van der Waals surface area contributed by atoms with Gasteiger partial charge in [0.25, 0.3) is 5.91 Å². The van der Waals surface area contributed by atoms with Crippen LogP contribution in [0.3, 0.4) is 0 Å². The van der Waals surface area contributed by atoms with Crippen molar-refractivity contribution in [3.05, 3.63) is 59.8 Å².